The van der Waals surface area contributed by atoms with E-state index in [9.17, 15) is 9.59 Å². The number of nitrogens with one attached hydrogen (secondary N) is 1. The third-order valence-corrected chi connectivity index (χ3v) is 4.57. The van der Waals surface area contributed by atoms with Gasteiger partial charge in [0.1, 0.15) is 0 Å². The van der Waals surface area contributed by atoms with Crippen molar-refractivity contribution in [3.63, 3.8) is 0 Å². The van der Waals surface area contributed by atoms with Crippen LogP contribution in [0, 0.1) is 5.92 Å². The lowest BCUT2D eigenvalue weighted by Crippen LogP contribution is -2.48. The first-order chi connectivity index (χ1) is 12.0. The Labute approximate surface area is 147 Å². The fourth-order valence-electron chi connectivity index (χ4n) is 2.88. The number of fused-ring (bicyclic) bond motifs is 1. The molecule has 1 aliphatic heterocycles. The molecule has 1 aromatic heterocycles. The summed E-state index contributed by atoms with van der Waals surface area (Å²) in [6.07, 6.45) is 0.744. The summed E-state index contributed by atoms with van der Waals surface area (Å²) in [4.78, 5) is 26.7. The van der Waals surface area contributed by atoms with Gasteiger partial charge in [0.2, 0.25) is 0 Å². The van der Waals surface area contributed by atoms with Gasteiger partial charge in [0, 0.05) is 13.6 Å². The molecule has 0 fully saturated rings. The summed E-state index contributed by atoms with van der Waals surface area (Å²) in [6.45, 7) is 5.16. The first-order valence-corrected chi connectivity index (χ1v) is 8.51. The average molecular weight is 341 g/mol. The van der Waals surface area contributed by atoms with E-state index in [1.165, 1.54) is 0 Å². The van der Waals surface area contributed by atoms with Crippen LogP contribution in [0.2, 0.25) is 0 Å². The minimum absolute atomic E-state index is 0.000428. The van der Waals surface area contributed by atoms with Gasteiger partial charge >= 0.3 is 0 Å². The van der Waals surface area contributed by atoms with Gasteiger partial charge < -0.3 is 10.2 Å². The minimum atomic E-state index is -0.283. The van der Waals surface area contributed by atoms with Gasteiger partial charge in [-0.2, -0.15) is 0 Å². The number of benzene rings is 1. The molecule has 132 valence electrons. The Morgan fingerprint density at radius 2 is 2.08 bits per heavy atom. The molecule has 2 amide bonds. The zero-order valence-corrected chi connectivity index (χ0v) is 14.8. The van der Waals surface area contributed by atoms with E-state index in [0.717, 1.165) is 12.0 Å². The quantitative estimate of drug-likeness (QED) is 0.890. The summed E-state index contributed by atoms with van der Waals surface area (Å²) in [7, 11) is 1.72. The molecule has 0 aliphatic carbocycles. The third-order valence-electron chi connectivity index (χ3n) is 4.57. The maximum Gasteiger partial charge on any atom is 0.276 e. The van der Waals surface area contributed by atoms with Crippen molar-refractivity contribution in [1.29, 1.82) is 0 Å². The molecule has 3 rings (SSSR count). The Hall–Kier alpha value is -2.70. The van der Waals surface area contributed by atoms with E-state index in [-0.39, 0.29) is 35.2 Å². The van der Waals surface area contributed by atoms with Gasteiger partial charge in [-0.1, -0.05) is 49.4 Å². The van der Waals surface area contributed by atoms with Crippen LogP contribution in [0.1, 0.15) is 40.4 Å². The number of amides is 2. The topological polar surface area (TPSA) is 80.1 Å². The second-order valence-corrected chi connectivity index (χ2v) is 6.76. The van der Waals surface area contributed by atoms with E-state index in [0.29, 0.717) is 13.1 Å². The van der Waals surface area contributed by atoms with Crippen LogP contribution in [-0.2, 0) is 13.0 Å². The molecule has 1 unspecified atom stereocenters. The van der Waals surface area contributed by atoms with Crippen molar-refractivity contribution in [1.82, 2.24) is 25.2 Å². The van der Waals surface area contributed by atoms with Gasteiger partial charge in [-0.05, 0) is 17.9 Å². The van der Waals surface area contributed by atoms with Crippen LogP contribution in [0.15, 0.2) is 30.3 Å². The molecule has 2 aromatic rings. The highest BCUT2D eigenvalue weighted by molar-refractivity contribution is 6.05. The Balaban J connectivity index is 1.72. The summed E-state index contributed by atoms with van der Waals surface area (Å²) >= 11 is 0. The Morgan fingerprint density at radius 3 is 2.76 bits per heavy atom. The lowest BCUT2D eigenvalue weighted by atomic mass is 10.0. The highest BCUT2D eigenvalue weighted by Crippen LogP contribution is 2.17. The van der Waals surface area contributed by atoms with Crippen LogP contribution in [0.4, 0.5) is 0 Å². The fraction of sp³-hybridized carbons (Fsp3) is 0.444. The van der Waals surface area contributed by atoms with Gasteiger partial charge in [-0.25, -0.2) is 4.68 Å². The van der Waals surface area contributed by atoms with Crippen LogP contribution in [-0.4, -0.2) is 51.3 Å². The number of hydrogen-bond acceptors (Lipinski definition) is 4. The molecule has 1 aromatic carbocycles. The Kier molecular flexibility index (Phi) is 4.83. The van der Waals surface area contributed by atoms with E-state index >= 15 is 0 Å². The molecule has 0 spiro atoms. The number of carbonyl (C=O) groups is 2. The van der Waals surface area contributed by atoms with E-state index in [2.05, 4.69) is 15.6 Å². The molecule has 1 aliphatic rings. The zero-order valence-electron chi connectivity index (χ0n) is 14.8. The maximum atomic E-state index is 12.7. The van der Waals surface area contributed by atoms with Crippen molar-refractivity contribution in [2.24, 2.45) is 5.92 Å². The van der Waals surface area contributed by atoms with Gasteiger partial charge in [0.15, 0.2) is 11.4 Å². The minimum Gasteiger partial charge on any atom is -0.346 e. The standard InChI is InChI=1S/C18H23N5O2/c1-12(2)14-11-23-16(17(24)19-14)15(20-21-23)18(25)22(3)10-9-13-7-5-4-6-8-13/h4-8,12,14H,9-11H2,1-3H3,(H,19,24). The predicted molar refractivity (Wildman–Crippen MR) is 93.2 cm³/mol. The molecular formula is C18H23N5O2. The smallest absolute Gasteiger partial charge is 0.276 e. The van der Waals surface area contributed by atoms with Crippen molar-refractivity contribution in [2.45, 2.75) is 32.9 Å². The van der Waals surface area contributed by atoms with Crippen molar-refractivity contribution < 1.29 is 9.59 Å². The number of rotatable bonds is 5. The molecule has 0 saturated carbocycles. The largest absolute Gasteiger partial charge is 0.346 e. The van der Waals surface area contributed by atoms with E-state index < -0.39 is 0 Å². The first-order valence-electron chi connectivity index (χ1n) is 8.51. The molecule has 0 radical (unpaired) electrons. The molecule has 7 heteroatoms. The van der Waals surface area contributed by atoms with Crippen LogP contribution >= 0.6 is 0 Å². The van der Waals surface area contributed by atoms with Gasteiger partial charge in [0.25, 0.3) is 11.8 Å². The predicted octanol–water partition coefficient (Wildman–Crippen LogP) is 1.36. The number of nitrogens with zero attached hydrogens (tertiary/aromatic N) is 4. The van der Waals surface area contributed by atoms with Crippen LogP contribution in [0.25, 0.3) is 0 Å². The van der Waals surface area contributed by atoms with Crippen molar-refractivity contribution in [2.75, 3.05) is 13.6 Å². The second kappa shape index (κ2) is 7.04. The molecular weight excluding hydrogens is 318 g/mol. The summed E-state index contributed by atoms with van der Waals surface area (Å²) < 4.78 is 1.54. The molecule has 7 nitrogen and oxygen atoms in total. The third kappa shape index (κ3) is 3.55. The van der Waals surface area contributed by atoms with E-state index in [1.807, 2.05) is 44.2 Å². The van der Waals surface area contributed by atoms with E-state index in [1.54, 1.807) is 16.6 Å². The maximum absolute atomic E-state index is 12.7. The number of aromatic nitrogens is 3. The van der Waals surface area contributed by atoms with Gasteiger partial charge in [-0.15, -0.1) is 5.10 Å². The fourth-order valence-corrected chi connectivity index (χ4v) is 2.88. The number of likely N-dealkylation sites (N-methyl/N-ethyl adjacent to an activating group) is 1. The molecule has 0 bridgehead atoms. The van der Waals surface area contributed by atoms with Crippen LogP contribution in [0.3, 0.4) is 0 Å². The Morgan fingerprint density at radius 1 is 1.36 bits per heavy atom. The monoisotopic (exact) mass is 341 g/mol. The van der Waals surface area contributed by atoms with Gasteiger partial charge in [-0.3, -0.25) is 9.59 Å². The zero-order chi connectivity index (χ0) is 18.0. The molecule has 25 heavy (non-hydrogen) atoms. The van der Waals surface area contributed by atoms with Crippen LogP contribution < -0.4 is 5.32 Å². The lowest BCUT2D eigenvalue weighted by molar-refractivity contribution is 0.0775. The first kappa shape index (κ1) is 17.1. The van der Waals surface area contributed by atoms with Crippen molar-refractivity contribution in [3.05, 3.63) is 47.3 Å². The lowest BCUT2D eigenvalue weighted by Gasteiger charge is -2.27. The van der Waals surface area contributed by atoms with Crippen molar-refractivity contribution >= 4 is 11.8 Å². The summed E-state index contributed by atoms with van der Waals surface area (Å²) in [5.41, 5.74) is 1.54. The summed E-state index contributed by atoms with van der Waals surface area (Å²) in [6, 6.07) is 9.96. The van der Waals surface area contributed by atoms with Crippen molar-refractivity contribution in [3.8, 4) is 0 Å². The second-order valence-electron chi connectivity index (χ2n) is 6.76. The Bertz CT molecular complexity index is 769. The SMILES string of the molecule is CC(C)C1Cn2nnc(C(=O)N(C)CCc3ccccc3)c2C(=O)N1. The summed E-state index contributed by atoms with van der Waals surface area (Å²) in [5.74, 6) is -0.279. The molecule has 1 N–H and O–H groups in total. The van der Waals surface area contributed by atoms with Crippen LogP contribution in [0.5, 0.6) is 0 Å². The highest BCUT2D eigenvalue weighted by atomic mass is 16.2. The summed E-state index contributed by atoms with van der Waals surface area (Å²) in [5, 5.41) is 10.9. The average Bonchev–Trinajstić information content (AvgIpc) is 3.04. The number of hydrogen-bond donors (Lipinski definition) is 1. The normalized spacial score (nSPS) is 16.5. The molecule has 0 saturated heterocycles. The molecule has 2 heterocycles. The van der Waals surface area contributed by atoms with E-state index in [4.69, 9.17) is 0 Å². The highest BCUT2D eigenvalue weighted by Gasteiger charge is 2.33. The van der Waals surface area contributed by atoms with Gasteiger partial charge in [0.05, 0.1) is 12.6 Å². The number of carbonyl (C=O) groups excluding carboxylic acids is 2. The molecule has 1 atom stereocenters.